The van der Waals surface area contributed by atoms with Crippen LogP contribution in [0.2, 0.25) is 0 Å². The van der Waals surface area contributed by atoms with E-state index in [2.05, 4.69) is 29.6 Å². The van der Waals surface area contributed by atoms with Gasteiger partial charge in [-0.2, -0.15) is 0 Å². The molecule has 2 nitrogen and oxygen atoms in total. The molecular weight excluding hydrogens is 246 g/mol. The minimum absolute atomic E-state index is 0.0131. The Hall–Kier alpha value is -1.80. The van der Waals surface area contributed by atoms with Crippen molar-refractivity contribution in [1.29, 1.82) is 0 Å². The zero-order valence-corrected chi connectivity index (χ0v) is 10.4. The molecule has 18 heavy (non-hydrogen) atoms. The largest absolute Gasteiger partial charge is 0.344 e. The van der Waals surface area contributed by atoms with Gasteiger partial charge in [-0.25, -0.2) is 0 Å². The van der Waals surface area contributed by atoms with E-state index in [0.29, 0.717) is 0 Å². The third-order valence-corrected chi connectivity index (χ3v) is 3.50. The summed E-state index contributed by atoms with van der Waals surface area (Å²) in [5.41, 5.74) is 4.65. The lowest BCUT2D eigenvalue weighted by Crippen LogP contribution is -2.28. The van der Waals surface area contributed by atoms with Crippen molar-refractivity contribution in [2.75, 3.05) is 5.88 Å². The maximum Gasteiger partial charge on any atom is 0.235 e. The third-order valence-electron chi connectivity index (χ3n) is 3.26. The van der Waals surface area contributed by atoms with Crippen molar-refractivity contribution < 1.29 is 4.79 Å². The van der Waals surface area contributed by atoms with Gasteiger partial charge < -0.3 is 5.32 Å². The molecule has 0 bridgehead atoms. The highest BCUT2D eigenvalue weighted by atomic mass is 35.5. The molecule has 0 aliphatic heterocycles. The van der Waals surface area contributed by atoms with Gasteiger partial charge in [-0.3, -0.25) is 4.79 Å². The number of amides is 1. The minimum atomic E-state index is -0.145. The minimum Gasteiger partial charge on any atom is -0.344 e. The smallest absolute Gasteiger partial charge is 0.235 e. The molecule has 0 radical (unpaired) electrons. The molecule has 1 aliphatic rings. The Balaban J connectivity index is 2.12. The van der Waals surface area contributed by atoms with Crippen molar-refractivity contribution in [2.45, 2.75) is 6.04 Å². The molecule has 0 aromatic heterocycles. The molecule has 90 valence electrons. The van der Waals surface area contributed by atoms with Crippen LogP contribution in [0.5, 0.6) is 0 Å². The number of carbonyl (C=O) groups excluding carboxylic acids is 1. The molecule has 3 heteroatoms. The molecule has 1 N–H and O–H groups in total. The van der Waals surface area contributed by atoms with E-state index in [-0.39, 0.29) is 17.8 Å². The van der Waals surface area contributed by atoms with Gasteiger partial charge in [0.15, 0.2) is 0 Å². The number of nitrogens with one attached hydrogen (secondary N) is 1. The third kappa shape index (κ3) is 1.70. The first kappa shape index (κ1) is 11.3. The van der Waals surface area contributed by atoms with E-state index in [1.54, 1.807) is 0 Å². The molecular formula is C15H12ClNO. The molecule has 0 fully saturated rings. The quantitative estimate of drug-likeness (QED) is 0.823. The standard InChI is InChI=1S/C15H12ClNO/c16-9-14(18)17-15-12-7-3-1-5-10(12)11-6-2-4-8-13(11)15/h1-8,15H,9H2,(H,17,18). The Morgan fingerprint density at radius 2 is 1.50 bits per heavy atom. The molecule has 0 saturated carbocycles. The van der Waals surface area contributed by atoms with Gasteiger partial charge in [0.05, 0.1) is 6.04 Å². The maximum atomic E-state index is 11.5. The molecule has 0 heterocycles. The number of alkyl halides is 1. The van der Waals surface area contributed by atoms with E-state index in [1.165, 1.54) is 11.1 Å². The van der Waals surface area contributed by atoms with Crippen LogP contribution >= 0.6 is 11.6 Å². The summed E-state index contributed by atoms with van der Waals surface area (Å²) < 4.78 is 0. The fourth-order valence-electron chi connectivity index (χ4n) is 2.51. The lowest BCUT2D eigenvalue weighted by molar-refractivity contribution is -0.119. The van der Waals surface area contributed by atoms with Crippen LogP contribution in [0.15, 0.2) is 48.5 Å². The average Bonchev–Trinajstić information content (AvgIpc) is 2.74. The monoisotopic (exact) mass is 257 g/mol. The summed E-state index contributed by atoms with van der Waals surface area (Å²) in [6, 6.07) is 16.2. The number of benzene rings is 2. The summed E-state index contributed by atoms with van der Waals surface area (Å²) in [5, 5.41) is 2.97. The van der Waals surface area contributed by atoms with Gasteiger partial charge in [0.1, 0.15) is 5.88 Å². The average molecular weight is 258 g/mol. The zero-order chi connectivity index (χ0) is 12.5. The van der Waals surface area contributed by atoms with Crippen molar-refractivity contribution in [1.82, 2.24) is 5.32 Å². The molecule has 0 atom stereocenters. The molecule has 3 rings (SSSR count). The van der Waals surface area contributed by atoms with Crippen LogP contribution in [0.4, 0.5) is 0 Å². The second-order valence-corrected chi connectivity index (χ2v) is 4.58. The molecule has 2 aromatic carbocycles. The molecule has 1 amide bonds. The van der Waals surface area contributed by atoms with Crippen LogP contribution in [0.3, 0.4) is 0 Å². The van der Waals surface area contributed by atoms with Gasteiger partial charge >= 0.3 is 0 Å². The summed E-state index contributed by atoms with van der Waals surface area (Å²) in [5.74, 6) is -0.158. The number of rotatable bonds is 2. The number of carbonyl (C=O) groups is 1. The van der Waals surface area contributed by atoms with Gasteiger partial charge in [-0.1, -0.05) is 48.5 Å². The molecule has 1 aliphatic carbocycles. The van der Waals surface area contributed by atoms with Gasteiger partial charge in [0, 0.05) is 0 Å². The van der Waals surface area contributed by atoms with E-state index >= 15 is 0 Å². The highest BCUT2D eigenvalue weighted by molar-refractivity contribution is 6.27. The van der Waals surface area contributed by atoms with E-state index in [9.17, 15) is 4.79 Å². The summed E-state index contributed by atoms with van der Waals surface area (Å²) in [6.45, 7) is 0. The highest BCUT2D eigenvalue weighted by Gasteiger charge is 2.28. The number of hydrogen-bond acceptors (Lipinski definition) is 1. The second-order valence-electron chi connectivity index (χ2n) is 4.31. The predicted molar refractivity (Wildman–Crippen MR) is 72.6 cm³/mol. The predicted octanol–water partition coefficient (Wildman–Crippen LogP) is 3.11. The molecule has 0 unspecified atom stereocenters. The van der Waals surface area contributed by atoms with Crippen molar-refractivity contribution in [3.63, 3.8) is 0 Å². The Labute approximate surface area is 111 Å². The normalized spacial score (nSPS) is 12.9. The van der Waals surface area contributed by atoms with E-state index < -0.39 is 0 Å². The van der Waals surface area contributed by atoms with E-state index in [1.807, 2.05) is 24.3 Å². The zero-order valence-electron chi connectivity index (χ0n) is 9.69. The SMILES string of the molecule is O=C(CCl)NC1c2ccccc2-c2ccccc21. The van der Waals surface area contributed by atoms with Gasteiger partial charge in [-0.05, 0) is 22.3 Å². The molecule has 2 aromatic rings. The topological polar surface area (TPSA) is 29.1 Å². The summed E-state index contributed by atoms with van der Waals surface area (Å²) in [6.07, 6.45) is 0. The molecule has 0 spiro atoms. The Kier molecular flexibility index (Phi) is 2.80. The fourth-order valence-corrected chi connectivity index (χ4v) is 2.59. The number of halogens is 1. The number of hydrogen-bond donors (Lipinski definition) is 1. The van der Waals surface area contributed by atoms with E-state index in [4.69, 9.17) is 11.6 Å². The van der Waals surface area contributed by atoms with Crippen molar-refractivity contribution >= 4 is 17.5 Å². The first-order chi connectivity index (χ1) is 8.81. The van der Waals surface area contributed by atoms with Crippen LogP contribution in [-0.2, 0) is 4.79 Å². The van der Waals surface area contributed by atoms with Crippen molar-refractivity contribution in [2.24, 2.45) is 0 Å². The number of fused-ring (bicyclic) bond motifs is 3. The summed E-state index contributed by atoms with van der Waals surface area (Å²) >= 11 is 5.57. The van der Waals surface area contributed by atoms with Crippen LogP contribution in [0, 0.1) is 0 Å². The highest BCUT2D eigenvalue weighted by Crippen LogP contribution is 2.42. The first-order valence-electron chi connectivity index (χ1n) is 5.85. The lowest BCUT2D eigenvalue weighted by atomic mass is 10.1. The maximum absolute atomic E-state index is 11.5. The van der Waals surface area contributed by atoms with Crippen LogP contribution in [-0.4, -0.2) is 11.8 Å². The van der Waals surface area contributed by atoms with Gasteiger partial charge in [0.25, 0.3) is 0 Å². The van der Waals surface area contributed by atoms with Crippen molar-refractivity contribution in [3.8, 4) is 11.1 Å². The van der Waals surface area contributed by atoms with E-state index in [0.717, 1.165) is 11.1 Å². The van der Waals surface area contributed by atoms with Crippen molar-refractivity contribution in [3.05, 3.63) is 59.7 Å². The van der Waals surface area contributed by atoms with Crippen LogP contribution < -0.4 is 5.32 Å². The van der Waals surface area contributed by atoms with Gasteiger partial charge in [-0.15, -0.1) is 11.6 Å². The van der Waals surface area contributed by atoms with Crippen LogP contribution in [0.1, 0.15) is 17.2 Å². The Bertz CT molecular complexity index is 563. The second kappa shape index (κ2) is 4.46. The molecule has 0 saturated heterocycles. The Morgan fingerprint density at radius 1 is 1.00 bits per heavy atom. The lowest BCUT2D eigenvalue weighted by Gasteiger charge is -2.14. The Morgan fingerprint density at radius 3 is 2.00 bits per heavy atom. The fraction of sp³-hybridized carbons (Fsp3) is 0.133. The van der Waals surface area contributed by atoms with Crippen LogP contribution in [0.25, 0.3) is 11.1 Å². The summed E-state index contributed by atoms with van der Waals surface area (Å²) in [7, 11) is 0. The summed E-state index contributed by atoms with van der Waals surface area (Å²) in [4.78, 5) is 11.5. The van der Waals surface area contributed by atoms with Gasteiger partial charge in [0.2, 0.25) is 5.91 Å². The first-order valence-corrected chi connectivity index (χ1v) is 6.38.